The molecule has 0 radical (unpaired) electrons. The summed E-state index contributed by atoms with van der Waals surface area (Å²) in [6, 6.07) is 21.0. The summed E-state index contributed by atoms with van der Waals surface area (Å²) in [4.78, 5) is 0.00930. The van der Waals surface area contributed by atoms with E-state index in [1.54, 1.807) is 74.5 Å². The highest BCUT2D eigenvalue weighted by Gasteiger charge is 2.38. The van der Waals surface area contributed by atoms with Gasteiger partial charge in [0.05, 0.1) is 18.1 Å². The quantitative estimate of drug-likeness (QED) is 0.301. The number of sulfonamides is 1. The summed E-state index contributed by atoms with van der Waals surface area (Å²) < 4.78 is 53.0. The van der Waals surface area contributed by atoms with Gasteiger partial charge < -0.3 is 19.5 Å². The molecule has 0 aliphatic rings. The first-order chi connectivity index (χ1) is 15.8. The number of hydrogen-bond donors (Lipinski definition) is 3. The first-order valence-corrected chi connectivity index (χ1v) is 13.5. The molecule has 1 unspecified atom stereocenters. The molecule has 0 aliphatic carbocycles. The van der Waals surface area contributed by atoms with Crippen molar-refractivity contribution in [2.24, 2.45) is 0 Å². The molecule has 3 aromatic rings. The second-order valence-corrected chi connectivity index (χ2v) is 10.8. The van der Waals surface area contributed by atoms with Gasteiger partial charge in [-0.2, -0.15) is 0 Å². The topological polar surface area (TPSA) is 114 Å². The van der Waals surface area contributed by atoms with Crippen molar-refractivity contribution in [3.05, 3.63) is 84.4 Å². The minimum atomic E-state index is -3.87. The molecule has 0 aliphatic heterocycles. The Labute approximate surface area is 194 Å². The summed E-state index contributed by atoms with van der Waals surface area (Å²) in [7, 11) is -7.66. The van der Waals surface area contributed by atoms with Crippen LogP contribution in [0, 0.1) is 0 Å². The van der Waals surface area contributed by atoms with Crippen molar-refractivity contribution in [1.82, 2.24) is 0 Å². The molecule has 8 nitrogen and oxygen atoms in total. The van der Waals surface area contributed by atoms with E-state index in [-0.39, 0.29) is 23.9 Å². The van der Waals surface area contributed by atoms with Gasteiger partial charge in [-0.1, -0.05) is 42.5 Å². The highest BCUT2D eigenvalue weighted by atomic mass is 32.2. The number of para-hydroxylation sites is 2. The van der Waals surface area contributed by atoms with Crippen LogP contribution in [0.5, 0.6) is 5.75 Å². The van der Waals surface area contributed by atoms with Crippen LogP contribution in [-0.4, -0.2) is 26.7 Å². The zero-order valence-electron chi connectivity index (χ0n) is 18.3. The zero-order valence-corrected chi connectivity index (χ0v) is 20.1. The molecular weight excluding hydrogens is 463 g/mol. The van der Waals surface area contributed by atoms with Crippen LogP contribution in [0.15, 0.2) is 83.8 Å². The second-order valence-electron chi connectivity index (χ2n) is 6.98. The maximum atomic E-state index is 13.6. The fourth-order valence-electron chi connectivity index (χ4n) is 3.22. The monoisotopic (exact) mass is 490 g/mol. The van der Waals surface area contributed by atoms with Crippen LogP contribution in [0.1, 0.15) is 25.2 Å². The predicted octanol–water partition coefficient (Wildman–Crippen LogP) is 5.57. The molecule has 0 heterocycles. The molecule has 0 aromatic heterocycles. The number of anilines is 2. The molecule has 33 heavy (non-hydrogen) atoms. The minimum absolute atomic E-state index is 0.00930. The summed E-state index contributed by atoms with van der Waals surface area (Å²) >= 11 is 0. The number of phenolic OH excluding ortho intramolecular Hbond substituents is 1. The Balaban J connectivity index is 1.98. The maximum Gasteiger partial charge on any atom is 0.357 e. The van der Waals surface area contributed by atoms with Gasteiger partial charge in [0, 0.05) is 16.9 Å². The van der Waals surface area contributed by atoms with E-state index < -0.39 is 23.4 Å². The van der Waals surface area contributed by atoms with E-state index >= 15 is 0 Å². The molecule has 0 fully saturated rings. The van der Waals surface area contributed by atoms with Crippen molar-refractivity contribution in [3.8, 4) is 5.75 Å². The lowest BCUT2D eigenvalue weighted by Gasteiger charge is -2.28. The molecule has 0 saturated carbocycles. The SMILES string of the molecule is CCOP(=O)(OCC)C(Nc1cccc(S(=O)(=O)Nc2ccccc2)c1)c1ccccc1O. The van der Waals surface area contributed by atoms with Crippen molar-refractivity contribution in [1.29, 1.82) is 0 Å². The lowest BCUT2D eigenvalue weighted by molar-refractivity contribution is 0.213. The number of aromatic hydroxyl groups is 1. The van der Waals surface area contributed by atoms with E-state index in [4.69, 9.17) is 9.05 Å². The highest BCUT2D eigenvalue weighted by molar-refractivity contribution is 7.92. The Morgan fingerprint density at radius 3 is 2.12 bits per heavy atom. The average Bonchev–Trinajstić information content (AvgIpc) is 2.79. The zero-order chi connectivity index (χ0) is 23.9. The van der Waals surface area contributed by atoms with E-state index in [0.29, 0.717) is 16.9 Å². The van der Waals surface area contributed by atoms with Crippen LogP contribution >= 0.6 is 7.60 Å². The van der Waals surface area contributed by atoms with Gasteiger partial charge in [0.2, 0.25) is 0 Å². The molecule has 0 saturated heterocycles. The van der Waals surface area contributed by atoms with Crippen LogP contribution in [0.2, 0.25) is 0 Å². The van der Waals surface area contributed by atoms with E-state index in [0.717, 1.165) is 0 Å². The Morgan fingerprint density at radius 2 is 1.48 bits per heavy atom. The van der Waals surface area contributed by atoms with Crippen LogP contribution in [0.3, 0.4) is 0 Å². The third-order valence-electron chi connectivity index (χ3n) is 4.64. The van der Waals surface area contributed by atoms with Gasteiger partial charge in [-0.3, -0.25) is 9.29 Å². The second kappa shape index (κ2) is 10.9. The lowest BCUT2D eigenvalue weighted by Crippen LogP contribution is -2.16. The third-order valence-corrected chi connectivity index (χ3v) is 8.29. The first-order valence-electron chi connectivity index (χ1n) is 10.4. The fraction of sp³-hybridized carbons (Fsp3) is 0.217. The number of nitrogens with one attached hydrogen (secondary N) is 2. The van der Waals surface area contributed by atoms with Gasteiger partial charge in [-0.05, 0) is 50.2 Å². The van der Waals surface area contributed by atoms with E-state index in [1.807, 2.05) is 0 Å². The smallest absolute Gasteiger partial charge is 0.357 e. The number of rotatable bonds is 11. The van der Waals surface area contributed by atoms with E-state index in [2.05, 4.69) is 10.0 Å². The standard InChI is InChI=1S/C23H27N2O6PS/c1-3-30-32(27,31-4-2)23(21-15-8-9-16-22(21)26)24-19-13-10-14-20(17-19)33(28,29)25-18-11-6-5-7-12-18/h5-17,23-26H,3-4H2,1-2H3. The Morgan fingerprint density at radius 1 is 0.879 bits per heavy atom. The minimum Gasteiger partial charge on any atom is -0.508 e. The summed E-state index contributed by atoms with van der Waals surface area (Å²) in [5, 5.41) is 13.5. The number of phenols is 1. The predicted molar refractivity (Wildman–Crippen MR) is 129 cm³/mol. The Hall–Kier alpha value is -2.84. The van der Waals surface area contributed by atoms with Crippen molar-refractivity contribution >= 4 is 29.0 Å². The number of hydrogen-bond acceptors (Lipinski definition) is 7. The van der Waals surface area contributed by atoms with Gasteiger partial charge >= 0.3 is 7.60 Å². The molecule has 0 bridgehead atoms. The van der Waals surface area contributed by atoms with Crippen molar-refractivity contribution in [2.45, 2.75) is 24.5 Å². The van der Waals surface area contributed by atoms with Crippen molar-refractivity contribution in [2.75, 3.05) is 23.3 Å². The fourth-order valence-corrected chi connectivity index (χ4v) is 6.29. The van der Waals surface area contributed by atoms with Gasteiger partial charge in [0.15, 0.2) is 5.78 Å². The van der Waals surface area contributed by atoms with E-state index in [9.17, 15) is 18.1 Å². The summed E-state index contributed by atoms with van der Waals surface area (Å²) in [6.07, 6.45) is 0. The summed E-state index contributed by atoms with van der Waals surface area (Å²) in [5.74, 6) is -1.16. The van der Waals surface area contributed by atoms with Gasteiger partial charge in [0.25, 0.3) is 10.0 Å². The van der Waals surface area contributed by atoms with Gasteiger partial charge in [0.1, 0.15) is 5.75 Å². The van der Waals surface area contributed by atoms with E-state index in [1.165, 1.54) is 18.2 Å². The molecular formula is C23H27N2O6PS. The molecule has 0 spiro atoms. The van der Waals surface area contributed by atoms with Crippen LogP contribution < -0.4 is 10.0 Å². The Bertz CT molecular complexity index is 1210. The van der Waals surface area contributed by atoms with Crippen LogP contribution in [0.4, 0.5) is 11.4 Å². The molecule has 3 rings (SSSR count). The van der Waals surface area contributed by atoms with Crippen molar-refractivity contribution < 1.29 is 27.1 Å². The molecule has 1 atom stereocenters. The summed E-state index contributed by atoms with van der Waals surface area (Å²) in [5.41, 5.74) is 1.09. The van der Waals surface area contributed by atoms with Crippen molar-refractivity contribution in [3.63, 3.8) is 0 Å². The van der Waals surface area contributed by atoms with Crippen LogP contribution in [-0.2, 0) is 23.6 Å². The maximum absolute atomic E-state index is 13.6. The number of benzene rings is 3. The molecule has 3 aromatic carbocycles. The largest absolute Gasteiger partial charge is 0.508 e. The normalized spacial score (nSPS) is 12.8. The molecule has 10 heteroatoms. The van der Waals surface area contributed by atoms with Gasteiger partial charge in [-0.25, -0.2) is 8.42 Å². The lowest BCUT2D eigenvalue weighted by atomic mass is 10.2. The average molecular weight is 491 g/mol. The van der Waals surface area contributed by atoms with Gasteiger partial charge in [-0.15, -0.1) is 0 Å². The molecule has 3 N–H and O–H groups in total. The summed E-state index contributed by atoms with van der Waals surface area (Å²) in [6.45, 7) is 3.63. The third kappa shape index (κ3) is 6.15. The van der Waals surface area contributed by atoms with Crippen LogP contribution in [0.25, 0.3) is 0 Å². The molecule has 176 valence electrons. The Kier molecular flexibility index (Phi) is 8.15. The molecule has 0 amide bonds. The highest BCUT2D eigenvalue weighted by Crippen LogP contribution is 2.61. The first kappa shape index (κ1) is 24.8.